The number of benzene rings is 1. The molecule has 6 nitrogen and oxygen atoms in total. The van der Waals surface area contributed by atoms with E-state index in [1.165, 1.54) is 16.2 Å². The Morgan fingerprint density at radius 2 is 1.94 bits per heavy atom. The van der Waals surface area contributed by atoms with E-state index in [2.05, 4.69) is 6.08 Å². The largest absolute Gasteiger partial charge is 0.376 e. The van der Waals surface area contributed by atoms with E-state index in [0.29, 0.717) is 11.5 Å². The predicted molar refractivity (Wildman–Crippen MR) is 121 cm³/mol. The smallest absolute Gasteiger partial charge is 0.235 e. The molecular weight excluding hydrogens is 424 g/mol. The first-order chi connectivity index (χ1) is 15.6. The lowest BCUT2D eigenvalue weighted by Crippen LogP contribution is -2.49. The number of imide groups is 1. The molecule has 2 amide bonds. The highest BCUT2D eigenvalue weighted by molar-refractivity contribution is 7.12. The summed E-state index contributed by atoms with van der Waals surface area (Å²) in [6.45, 7) is 2.99. The fourth-order valence-electron chi connectivity index (χ4n) is 5.90. The standard InChI is InChI=1S/C25H24N2O4S/c1-14-12-18-20-21(25(30)26(24(20)29)13-15-6-4-10-31-15)22(23(28)19-9-5-11-32-19)27(18)17-8-3-2-7-16(14)17/h2-3,5,7-9,11-12,15,18,20-22H,4,6,10,13H2,1H3/t15-,18+,20-,21+,22-/m0/s1. The number of likely N-dealkylation sites (tertiary alicyclic amines) is 1. The summed E-state index contributed by atoms with van der Waals surface area (Å²) in [6.07, 6.45) is 3.77. The van der Waals surface area contributed by atoms with E-state index in [-0.39, 0.29) is 36.3 Å². The Morgan fingerprint density at radius 1 is 1.12 bits per heavy atom. The number of para-hydroxylation sites is 1. The van der Waals surface area contributed by atoms with Gasteiger partial charge in [-0.15, -0.1) is 11.3 Å². The molecule has 32 heavy (non-hydrogen) atoms. The molecule has 5 atom stereocenters. The molecule has 0 saturated carbocycles. The second-order valence-electron chi connectivity index (χ2n) is 9.02. The third-order valence-corrected chi connectivity index (χ3v) is 8.17. The summed E-state index contributed by atoms with van der Waals surface area (Å²) >= 11 is 1.38. The SMILES string of the molecule is CC1=C[C@@H]2[C@@H]3C(=O)N(C[C@@H]4CCCO4)C(=O)[C@H]3[C@@H](C(=O)c3cccs3)N2c2ccccc21. The second-order valence-corrected chi connectivity index (χ2v) is 9.97. The number of carbonyl (C=O) groups is 3. The van der Waals surface area contributed by atoms with Gasteiger partial charge in [-0.25, -0.2) is 0 Å². The number of amides is 2. The molecule has 0 aliphatic carbocycles. The number of thiophene rings is 1. The minimum atomic E-state index is -0.694. The molecule has 2 aromatic rings. The molecule has 0 spiro atoms. The maximum Gasteiger partial charge on any atom is 0.235 e. The van der Waals surface area contributed by atoms with Crippen LogP contribution in [-0.4, -0.2) is 53.8 Å². The zero-order valence-electron chi connectivity index (χ0n) is 17.8. The van der Waals surface area contributed by atoms with Crippen molar-refractivity contribution in [2.75, 3.05) is 18.1 Å². The van der Waals surface area contributed by atoms with Crippen LogP contribution in [0.5, 0.6) is 0 Å². The van der Waals surface area contributed by atoms with Crippen LogP contribution in [0.3, 0.4) is 0 Å². The molecule has 4 aliphatic rings. The van der Waals surface area contributed by atoms with Crippen molar-refractivity contribution < 1.29 is 19.1 Å². The summed E-state index contributed by atoms with van der Waals surface area (Å²) in [5, 5.41) is 1.87. The predicted octanol–water partition coefficient (Wildman–Crippen LogP) is 3.39. The Hall–Kier alpha value is -2.77. The Kier molecular flexibility index (Phi) is 4.59. The van der Waals surface area contributed by atoms with Crippen molar-refractivity contribution in [3.05, 3.63) is 58.3 Å². The minimum Gasteiger partial charge on any atom is -0.376 e. The molecule has 0 N–H and O–H groups in total. The molecule has 6 rings (SSSR count). The van der Waals surface area contributed by atoms with E-state index in [1.54, 1.807) is 6.07 Å². The maximum absolute atomic E-state index is 13.7. The quantitative estimate of drug-likeness (QED) is 0.530. The maximum atomic E-state index is 13.7. The number of fused-ring (bicyclic) bond motifs is 5. The molecule has 164 valence electrons. The summed E-state index contributed by atoms with van der Waals surface area (Å²) in [6, 6.07) is 10.6. The molecule has 4 aliphatic heterocycles. The number of ether oxygens (including phenoxy) is 1. The third-order valence-electron chi connectivity index (χ3n) is 7.29. The van der Waals surface area contributed by atoms with Gasteiger partial charge < -0.3 is 9.64 Å². The highest BCUT2D eigenvalue weighted by atomic mass is 32.1. The molecule has 3 saturated heterocycles. The van der Waals surface area contributed by atoms with Crippen LogP contribution in [-0.2, 0) is 14.3 Å². The fourth-order valence-corrected chi connectivity index (χ4v) is 6.59. The summed E-state index contributed by atoms with van der Waals surface area (Å²) in [5.74, 6) is -1.72. The molecule has 0 bridgehead atoms. The molecule has 5 heterocycles. The van der Waals surface area contributed by atoms with Crippen molar-refractivity contribution >= 4 is 40.2 Å². The fraction of sp³-hybridized carbons (Fsp3) is 0.400. The van der Waals surface area contributed by atoms with Crippen LogP contribution in [0.2, 0.25) is 0 Å². The lowest BCUT2D eigenvalue weighted by atomic mass is 9.86. The van der Waals surface area contributed by atoms with E-state index in [9.17, 15) is 14.4 Å². The normalized spacial score (nSPS) is 30.9. The number of anilines is 1. The van der Waals surface area contributed by atoms with Crippen LogP contribution < -0.4 is 4.90 Å². The molecular formula is C25H24N2O4S. The first kappa shape index (κ1) is 19.9. The lowest BCUT2D eigenvalue weighted by molar-refractivity contribution is -0.142. The first-order valence-corrected chi connectivity index (χ1v) is 12.0. The van der Waals surface area contributed by atoms with Crippen molar-refractivity contribution in [1.82, 2.24) is 4.90 Å². The van der Waals surface area contributed by atoms with Crippen LogP contribution in [0.15, 0.2) is 47.9 Å². The molecule has 3 fully saturated rings. The van der Waals surface area contributed by atoms with Gasteiger partial charge in [0.15, 0.2) is 5.78 Å². The van der Waals surface area contributed by atoms with Crippen LogP contribution in [0, 0.1) is 11.8 Å². The molecule has 7 heteroatoms. The molecule has 1 aromatic carbocycles. The Bertz CT molecular complexity index is 1130. The van der Waals surface area contributed by atoms with Gasteiger partial charge >= 0.3 is 0 Å². The highest BCUT2D eigenvalue weighted by Gasteiger charge is 2.64. The van der Waals surface area contributed by atoms with Gasteiger partial charge in [-0.2, -0.15) is 0 Å². The van der Waals surface area contributed by atoms with E-state index in [0.717, 1.165) is 29.7 Å². The summed E-state index contributed by atoms with van der Waals surface area (Å²) < 4.78 is 5.70. The number of hydrogen-bond acceptors (Lipinski definition) is 6. The van der Waals surface area contributed by atoms with Crippen LogP contribution >= 0.6 is 11.3 Å². The first-order valence-electron chi connectivity index (χ1n) is 11.2. The number of rotatable bonds is 4. The topological polar surface area (TPSA) is 66.9 Å². The van der Waals surface area contributed by atoms with E-state index in [4.69, 9.17) is 4.74 Å². The zero-order chi connectivity index (χ0) is 22.0. The minimum absolute atomic E-state index is 0.0830. The zero-order valence-corrected chi connectivity index (χ0v) is 18.6. The Morgan fingerprint density at radius 3 is 2.69 bits per heavy atom. The van der Waals surface area contributed by atoms with E-state index >= 15 is 0 Å². The van der Waals surface area contributed by atoms with Gasteiger partial charge in [0.05, 0.1) is 35.4 Å². The number of carbonyl (C=O) groups excluding carboxylic acids is 3. The number of allylic oxidation sites excluding steroid dienone is 1. The number of hydrogen-bond donors (Lipinski definition) is 0. The summed E-state index contributed by atoms with van der Waals surface area (Å²) in [7, 11) is 0. The number of nitrogens with zero attached hydrogens (tertiary/aromatic N) is 2. The van der Waals surface area contributed by atoms with E-state index in [1.807, 2.05) is 47.5 Å². The van der Waals surface area contributed by atoms with Gasteiger partial charge in [0, 0.05) is 17.9 Å². The summed E-state index contributed by atoms with van der Waals surface area (Å²) in [5.41, 5.74) is 3.04. The van der Waals surface area contributed by atoms with Crippen molar-refractivity contribution in [3.63, 3.8) is 0 Å². The Labute approximate surface area is 190 Å². The van der Waals surface area contributed by atoms with Crippen LogP contribution in [0.1, 0.15) is 35.0 Å². The van der Waals surface area contributed by atoms with E-state index < -0.39 is 17.9 Å². The number of ketones is 1. The number of Topliss-reactive ketones (excluding diaryl/α,β-unsaturated/α-hetero) is 1. The highest BCUT2D eigenvalue weighted by Crippen LogP contribution is 2.50. The van der Waals surface area contributed by atoms with Crippen molar-refractivity contribution in [1.29, 1.82) is 0 Å². The van der Waals surface area contributed by atoms with Gasteiger partial charge in [-0.3, -0.25) is 19.3 Å². The monoisotopic (exact) mass is 448 g/mol. The third kappa shape index (κ3) is 2.77. The van der Waals surface area contributed by atoms with Crippen LogP contribution in [0.25, 0.3) is 5.57 Å². The molecule has 1 aromatic heterocycles. The van der Waals surface area contributed by atoms with Gasteiger partial charge in [0.25, 0.3) is 0 Å². The second kappa shape index (κ2) is 7.39. The lowest BCUT2D eigenvalue weighted by Gasteiger charge is -2.38. The van der Waals surface area contributed by atoms with Gasteiger partial charge in [0.1, 0.15) is 6.04 Å². The van der Waals surface area contributed by atoms with Gasteiger partial charge in [-0.1, -0.05) is 30.3 Å². The molecule has 0 unspecified atom stereocenters. The van der Waals surface area contributed by atoms with Gasteiger partial charge in [-0.05, 0) is 42.9 Å². The average Bonchev–Trinajstić information content (AvgIpc) is 3.58. The van der Waals surface area contributed by atoms with Crippen molar-refractivity contribution in [2.24, 2.45) is 11.8 Å². The van der Waals surface area contributed by atoms with Gasteiger partial charge in [0.2, 0.25) is 11.8 Å². The van der Waals surface area contributed by atoms with Crippen LogP contribution in [0.4, 0.5) is 5.69 Å². The Balaban J connectivity index is 1.45. The van der Waals surface area contributed by atoms with Crippen molar-refractivity contribution in [3.8, 4) is 0 Å². The summed E-state index contributed by atoms with van der Waals surface area (Å²) in [4.78, 5) is 45.0. The molecule has 0 radical (unpaired) electrons. The van der Waals surface area contributed by atoms with Crippen molar-refractivity contribution in [2.45, 2.75) is 38.0 Å². The average molecular weight is 449 g/mol.